The Morgan fingerprint density at radius 1 is 1.20 bits per heavy atom. The number of carbonyl (C=O) groups excluding carboxylic acids is 1. The maximum absolute atomic E-state index is 13.0. The zero-order valence-corrected chi connectivity index (χ0v) is 13.8. The Kier molecular flexibility index (Phi) is 5.40. The van der Waals surface area contributed by atoms with Crippen molar-refractivity contribution < 1.29 is 22.7 Å². The number of hydrogen-bond donors (Lipinski definition) is 1. The molecule has 25 heavy (non-hydrogen) atoms. The van der Waals surface area contributed by atoms with Gasteiger partial charge in [-0.15, -0.1) is 0 Å². The van der Waals surface area contributed by atoms with E-state index in [1.807, 2.05) is 0 Å². The molecule has 0 saturated carbocycles. The highest BCUT2D eigenvalue weighted by atomic mass is 19.4. The van der Waals surface area contributed by atoms with Crippen LogP contribution in [0.5, 0.6) is 6.01 Å². The molecule has 1 heterocycles. The van der Waals surface area contributed by atoms with Gasteiger partial charge in [-0.05, 0) is 12.1 Å². The average Bonchev–Trinajstić information content (AvgIpc) is 2.58. The van der Waals surface area contributed by atoms with Gasteiger partial charge in [-0.2, -0.15) is 28.1 Å². The smallest absolute Gasteiger partial charge is 0.417 e. The lowest BCUT2D eigenvalue weighted by Gasteiger charge is -2.14. The zero-order chi connectivity index (χ0) is 18.6. The number of nitrogens with one attached hydrogen (secondary N) is 1. The number of anilines is 1. The number of carbonyl (C=O) groups is 1. The summed E-state index contributed by atoms with van der Waals surface area (Å²) >= 11 is 0. The van der Waals surface area contributed by atoms with Crippen molar-refractivity contribution in [2.45, 2.75) is 12.7 Å². The van der Waals surface area contributed by atoms with E-state index in [-0.39, 0.29) is 18.4 Å². The second kappa shape index (κ2) is 7.32. The first-order valence-corrected chi connectivity index (χ1v) is 7.13. The molecule has 2 aromatic rings. The first-order chi connectivity index (χ1) is 11.7. The van der Waals surface area contributed by atoms with Gasteiger partial charge in [0, 0.05) is 14.1 Å². The molecule has 0 unspecified atom stereocenters. The average molecular weight is 355 g/mol. The van der Waals surface area contributed by atoms with Crippen LogP contribution in [0.2, 0.25) is 0 Å². The van der Waals surface area contributed by atoms with Crippen LogP contribution in [0.25, 0.3) is 0 Å². The number of amides is 1. The van der Waals surface area contributed by atoms with E-state index < -0.39 is 23.2 Å². The molecule has 0 saturated heterocycles. The summed E-state index contributed by atoms with van der Waals surface area (Å²) in [6.45, 7) is -0.176. The van der Waals surface area contributed by atoms with Gasteiger partial charge in [0.1, 0.15) is 0 Å². The topological polar surface area (TPSA) is 80.2 Å². The number of ether oxygens (including phenoxy) is 1. The molecule has 0 radical (unpaired) electrons. The number of alkyl halides is 3. The van der Waals surface area contributed by atoms with E-state index in [4.69, 9.17) is 4.74 Å². The predicted octanol–water partition coefficient (Wildman–Crippen LogP) is 1.90. The van der Waals surface area contributed by atoms with Crippen LogP contribution in [0, 0.1) is 0 Å². The Morgan fingerprint density at radius 2 is 1.88 bits per heavy atom. The molecule has 1 aromatic carbocycles. The first kappa shape index (κ1) is 18.4. The number of hydrogen-bond acceptors (Lipinski definition) is 6. The number of halogens is 3. The van der Waals surface area contributed by atoms with Gasteiger partial charge in [0.2, 0.25) is 5.95 Å². The lowest BCUT2D eigenvalue weighted by atomic mass is 10.1. The Morgan fingerprint density at radius 3 is 2.48 bits per heavy atom. The van der Waals surface area contributed by atoms with Crippen molar-refractivity contribution in [2.75, 3.05) is 26.1 Å². The number of rotatable bonds is 5. The third-order valence-corrected chi connectivity index (χ3v) is 3.12. The summed E-state index contributed by atoms with van der Waals surface area (Å²) in [4.78, 5) is 25.8. The van der Waals surface area contributed by atoms with Gasteiger partial charge in [0.15, 0.2) is 5.82 Å². The molecule has 1 N–H and O–H groups in total. The van der Waals surface area contributed by atoms with Gasteiger partial charge in [0.25, 0.3) is 5.91 Å². The molecule has 0 fully saturated rings. The fourth-order valence-corrected chi connectivity index (χ4v) is 1.94. The summed E-state index contributed by atoms with van der Waals surface area (Å²) in [7, 11) is 4.78. The molecule has 0 aliphatic carbocycles. The van der Waals surface area contributed by atoms with Gasteiger partial charge < -0.3 is 15.0 Å². The summed E-state index contributed by atoms with van der Waals surface area (Å²) in [6, 6.07) is 4.58. The van der Waals surface area contributed by atoms with E-state index in [2.05, 4.69) is 20.3 Å². The SMILES string of the molecule is COc1nc(CNC(=O)c2ccccc2C(F)(F)F)nc(N(C)C)n1. The second-order valence-electron chi connectivity index (χ2n) is 5.16. The standard InChI is InChI=1S/C15H16F3N5O2/c1-23(2)13-20-11(21-14(22-13)25-3)8-19-12(24)9-6-4-5-7-10(9)15(16,17)18/h4-7H,8H2,1-3H3,(H,19,24). The maximum atomic E-state index is 13.0. The third kappa shape index (κ3) is 4.55. The Bertz CT molecular complexity index is 765. The molecule has 0 spiro atoms. The summed E-state index contributed by atoms with van der Waals surface area (Å²) < 4.78 is 43.9. The first-order valence-electron chi connectivity index (χ1n) is 7.13. The molecule has 7 nitrogen and oxygen atoms in total. The molecule has 1 amide bonds. The van der Waals surface area contributed by atoms with Crippen LogP contribution in [0.4, 0.5) is 19.1 Å². The Labute approximate surface area is 141 Å². The zero-order valence-electron chi connectivity index (χ0n) is 13.8. The largest absolute Gasteiger partial charge is 0.467 e. The lowest BCUT2D eigenvalue weighted by molar-refractivity contribution is -0.137. The number of methoxy groups -OCH3 is 1. The molecule has 1 aromatic heterocycles. The van der Waals surface area contributed by atoms with E-state index in [1.165, 1.54) is 19.2 Å². The second-order valence-corrected chi connectivity index (χ2v) is 5.16. The molecule has 0 bridgehead atoms. The maximum Gasteiger partial charge on any atom is 0.417 e. The molecule has 0 aliphatic rings. The fourth-order valence-electron chi connectivity index (χ4n) is 1.94. The van der Waals surface area contributed by atoms with Crippen molar-refractivity contribution in [1.82, 2.24) is 20.3 Å². The highest BCUT2D eigenvalue weighted by molar-refractivity contribution is 5.95. The van der Waals surface area contributed by atoms with Crippen molar-refractivity contribution in [3.05, 3.63) is 41.2 Å². The van der Waals surface area contributed by atoms with Gasteiger partial charge in [-0.3, -0.25) is 4.79 Å². The monoisotopic (exact) mass is 355 g/mol. The summed E-state index contributed by atoms with van der Waals surface area (Å²) in [6.07, 6.45) is -4.62. The van der Waals surface area contributed by atoms with E-state index in [9.17, 15) is 18.0 Å². The number of benzene rings is 1. The van der Waals surface area contributed by atoms with Gasteiger partial charge in [-0.25, -0.2) is 0 Å². The van der Waals surface area contributed by atoms with Crippen molar-refractivity contribution in [3.63, 3.8) is 0 Å². The van der Waals surface area contributed by atoms with E-state index >= 15 is 0 Å². The van der Waals surface area contributed by atoms with Crippen LogP contribution in [0.15, 0.2) is 24.3 Å². The Hall–Kier alpha value is -2.91. The van der Waals surface area contributed by atoms with Crippen molar-refractivity contribution in [1.29, 1.82) is 0 Å². The Balaban J connectivity index is 2.20. The van der Waals surface area contributed by atoms with Gasteiger partial charge in [-0.1, -0.05) is 12.1 Å². The third-order valence-electron chi connectivity index (χ3n) is 3.12. The molecule has 0 atom stereocenters. The lowest BCUT2D eigenvalue weighted by Crippen LogP contribution is -2.27. The van der Waals surface area contributed by atoms with Crippen molar-refractivity contribution in [3.8, 4) is 6.01 Å². The minimum Gasteiger partial charge on any atom is -0.467 e. The van der Waals surface area contributed by atoms with Crippen molar-refractivity contribution in [2.24, 2.45) is 0 Å². The quantitative estimate of drug-likeness (QED) is 0.882. The molecular weight excluding hydrogens is 339 g/mol. The van der Waals surface area contributed by atoms with E-state index in [1.54, 1.807) is 19.0 Å². The molecule has 0 aliphatic heterocycles. The summed E-state index contributed by atoms with van der Waals surface area (Å²) in [5, 5.41) is 2.38. The van der Waals surface area contributed by atoms with Crippen LogP contribution in [0.1, 0.15) is 21.7 Å². The minimum atomic E-state index is -4.62. The van der Waals surface area contributed by atoms with E-state index in [0.29, 0.717) is 5.95 Å². The predicted molar refractivity (Wildman–Crippen MR) is 83.3 cm³/mol. The van der Waals surface area contributed by atoms with Crippen LogP contribution in [0.3, 0.4) is 0 Å². The van der Waals surface area contributed by atoms with Crippen LogP contribution < -0.4 is 15.0 Å². The van der Waals surface area contributed by atoms with Gasteiger partial charge >= 0.3 is 12.2 Å². The number of nitrogens with zero attached hydrogens (tertiary/aromatic N) is 4. The molecule has 10 heteroatoms. The summed E-state index contributed by atoms with van der Waals surface area (Å²) in [5.41, 5.74) is -1.47. The van der Waals surface area contributed by atoms with Crippen LogP contribution in [-0.2, 0) is 12.7 Å². The van der Waals surface area contributed by atoms with Crippen molar-refractivity contribution >= 4 is 11.9 Å². The number of aromatic nitrogens is 3. The van der Waals surface area contributed by atoms with E-state index in [0.717, 1.165) is 12.1 Å². The molecular formula is C15H16F3N5O2. The van der Waals surface area contributed by atoms with Crippen LogP contribution in [-0.4, -0.2) is 42.1 Å². The fraction of sp³-hybridized carbons (Fsp3) is 0.333. The van der Waals surface area contributed by atoms with Crippen LogP contribution >= 0.6 is 0 Å². The normalized spacial score (nSPS) is 11.1. The molecule has 134 valence electrons. The minimum absolute atomic E-state index is 0.0404. The summed E-state index contributed by atoms with van der Waals surface area (Å²) in [5.74, 6) is -0.418. The van der Waals surface area contributed by atoms with Gasteiger partial charge in [0.05, 0.1) is 24.8 Å². The molecule has 2 rings (SSSR count). The highest BCUT2D eigenvalue weighted by Crippen LogP contribution is 2.31. The highest BCUT2D eigenvalue weighted by Gasteiger charge is 2.34.